The fourth-order valence-corrected chi connectivity index (χ4v) is 3.87. The molecule has 1 atom stereocenters. The van der Waals surface area contributed by atoms with Crippen LogP contribution in [0.1, 0.15) is 69.4 Å². The van der Waals surface area contributed by atoms with Crippen molar-refractivity contribution in [2.45, 2.75) is 69.8 Å². The maximum atomic E-state index is 14.6. The molecule has 0 aromatic heterocycles. The molecule has 1 saturated heterocycles. The Labute approximate surface area is 158 Å². The molecule has 2 rings (SSSR count). The molecule has 0 aliphatic carbocycles. The summed E-state index contributed by atoms with van der Waals surface area (Å²) in [5.41, 5.74) is 0.815. The standard InChI is InChI=1S/C20H28BrF2NO/c21-14-8-3-1-2-7-13-20(22,23)16-18(17-10-5-4-6-11-17)24-15-9-12-19(24)25/h4-6,10-11,18H,1-3,7-9,12-16H2. The van der Waals surface area contributed by atoms with Gasteiger partial charge in [0.2, 0.25) is 11.8 Å². The van der Waals surface area contributed by atoms with Crippen LogP contribution in [-0.4, -0.2) is 28.6 Å². The number of alkyl halides is 3. The zero-order valence-corrected chi connectivity index (χ0v) is 16.3. The molecule has 5 heteroatoms. The average molecular weight is 416 g/mol. The van der Waals surface area contributed by atoms with Crippen molar-refractivity contribution in [1.29, 1.82) is 0 Å². The Bertz CT molecular complexity index is 524. The van der Waals surface area contributed by atoms with Crippen LogP contribution >= 0.6 is 15.9 Å². The summed E-state index contributed by atoms with van der Waals surface area (Å²) in [7, 11) is 0. The van der Waals surface area contributed by atoms with Gasteiger partial charge in [-0.2, -0.15) is 0 Å². The van der Waals surface area contributed by atoms with E-state index in [1.807, 2.05) is 30.3 Å². The minimum absolute atomic E-state index is 0.000532. The van der Waals surface area contributed by atoms with Crippen LogP contribution in [0.4, 0.5) is 8.78 Å². The van der Waals surface area contributed by atoms with Gasteiger partial charge in [0, 0.05) is 31.1 Å². The minimum Gasteiger partial charge on any atom is -0.335 e. The summed E-state index contributed by atoms with van der Waals surface area (Å²) in [6, 6.07) is 8.77. The van der Waals surface area contributed by atoms with Crippen molar-refractivity contribution in [2.75, 3.05) is 11.9 Å². The van der Waals surface area contributed by atoms with E-state index in [1.165, 1.54) is 0 Å². The van der Waals surface area contributed by atoms with E-state index in [0.717, 1.165) is 43.0 Å². The number of rotatable bonds is 11. The lowest BCUT2D eigenvalue weighted by atomic mass is 9.95. The normalized spacial score (nSPS) is 16.4. The van der Waals surface area contributed by atoms with Crippen LogP contribution in [0.5, 0.6) is 0 Å². The maximum Gasteiger partial charge on any atom is 0.250 e. The minimum atomic E-state index is -2.74. The fraction of sp³-hybridized carbons (Fsp3) is 0.650. The number of benzene rings is 1. The molecule has 0 bridgehead atoms. The molecule has 1 amide bonds. The third kappa shape index (κ3) is 6.69. The number of amides is 1. The van der Waals surface area contributed by atoms with Crippen LogP contribution in [0.25, 0.3) is 0 Å². The Morgan fingerprint density at radius 2 is 1.76 bits per heavy atom. The maximum absolute atomic E-state index is 14.6. The van der Waals surface area contributed by atoms with Crippen LogP contribution in [0.3, 0.4) is 0 Å². The number of halogens is 3. The number of nitrogens with zero attached hydrogens (tertiary/aromatic N) is 1. The summed E-state index contributed by atoms with van der Waals surface area (Å²) in [6.45, 7) is 0.584. The van der Waals surface area contributed by atoms with E-state index in [9.17, 15) is 13.6 Å². The summed E-state index contributed by atoms with van der Waals surface area (Å²) in [6.07, 6.45) is 5.47. The highest BCUT2D eigenvalue weighted by Crippen LogP contribution is 2.37. The lowest BCUT2D eigenvalue weighted by Gasteiger charge is -2.31. The van der Waals surface area contributed by atoms with Crippen molar-refractivity contribution >= 4 is 21.8 Å². The Morgan fingerprint density at radius 1 is 1.08 bits per heavy atom. The van der Waals surface area contributed by atoms with Gasteiger partial charge in [-0.05, 0) is 24.8 Å². The van der Waals surface area contributed by atoms with Crippen molar-refractivity contribution < 1.29 is 13.6 Å². The van der Waals surface area contributed by atoms with Gasteiger partial charge < -0.3 is 4.90 Å². The van der Waals surface area contributed by atoms with E-state index < -0.39 is 12.0 Å². The summed E-state index contributed by atoms with van der Waals surface area (Å²) < 4.78 is 29.1. The molecule has 1 unspecified atom stereocenters. The number of hydrogen-bond acceptors (Lipinski definition) is 1. The monoisotopic (exact) mass is 415 g/mol. The van der Waals surface area contributed by atoms with Crippen LogP contribution in [0.15, 0.2) is 30.3 Å². The van der Waals surface area contributed by atoms with Crippen LogP contribution in [0.2, 0.25) is 0 Å². The van der Waals surface area contributed by atoms with Gasteiger partial charge in [-0.1, -0.05) is 65.5 Å². The molecule has 1 aliphatic rings. The van der Waals surface area contributed by atoms with Crippen molar-refractivity contribution in [1.82, 2.24) is 4.90 Å². The molecule has 1 aromatic rings. The molecule has 25 heavy (non-hydrogen) atoms. The largest absolute Gasteiger partial charge is 0.335 e. The average Bonchev–Trinajstić information content (AvgIpc) is 3.02. The van der Waals surface area contributed by atoms with E-state index in [-0.39, 0.29) is 18.7 Å². The van der Waals surface area contributed by atoms with Crippen LogP contribution < -0.4 is 0 Å². The van der Waals surface area contributed by atoms with Gasteiger partial charge in [0.25, 0.3) is 0 Å². The molecule has 140 valence electrons. The van der Waals surface area contributed by atoms with Gasteiger partial charge >= 0.3 is 0 Å². The van der Waals surface area contributed by atoms with Crippen molar-refractivity contribution in [2.24, 2.45) is 0 Å². The molecule has 1 aliphatic heterocycles. The van der Waals surface area contributed by atoms with Gasteiger partial charge in [0.05, 0.1) is 6.04 Å². The van der Waals surface area contributed by atoms with Gasteiger partial charge in [-0.15, -0.1) is 0 Å². The fourth-order valence-electron chi connectivity index (χ4n) is 3.48. The van der Waals surface area contributed by atoms with Crippen LogP contribution in [0, 0.1) is 0 Å². The van der Waals surface area contributed by atoms with E-state index in [2.05, 4.69) is 15.9 Å². The molecular formula is C20H28BrF2NO. The van der Waals surface area contributed by atoms with Gasteiger partial charge in [-0.25, -0.2) is 8.78 Å². The number of carbonyl (C=O) groups is 1. The second-order valence-electron chi connectivity index (χ2n) is 6.88. The molecule has 2 nitrogen and oxygen atoms in total. The number of carbonyl (C=O) groups excluding carboxylic acids is 1. The number of hydrogen-bond donors (Lipinski definition) is 0. The SMILES string of the molecule is O=C1CCCN1C(CC(F)(F)CCCCCCCBr)c1ccccc1. The molecule has 0 N–H and O–H groups in total. The lowest BCUT2D eigenvalue weighted by molar-refractivity contribution is -0.132. The molecular weight excluding hydrogens is 388 g/mol. The highest BCUT2D eigenvalue weighted by Gasteiger charge is 2.38. The van der Waals surface area contributed by atoms with Crippen LogP contribution in [-0.2, 0) is 4.79 Å². The highest BCUT2D eigenvalue weighted by atomic mass is 79.9. The third-order valence-electron chi connectivity index (χ3n) is 4.84. The first-order chi connectivity index (χ1) is 12.0. The predicted octanol–water partition coefficient (Wildman–Crippen LogP) is 6.11. The predicted molar refractivity (Wildman–Crippen MR) is 101 cm³/mol. The summed E-state index contributed by atoms with van der Waals surface area (Å²) in [4.78, 5) is 13.8. The topological polar surface area (TPSA) is 20.3 Å². The Morgan fingerprint density at radius 3 is 2.40 bits per heavy atom. The molecule has 1 aromatic carbocycles. The van der Waals surface area contributed by atoms with Gasteiger partial charge in [0.15, 0.2) is 0 Å². The molecule has 0 radical (unpaired) electrons. The highest BCUT2D eigenvalue weighted by molar-refractivity contribution is 9.09. The number of unbranched alkanes of at least 4 members (excludes halogenated alkanes) is 4. The van der Waals surface area contributed by atoms with Gasteiger partial charge in [0.1, 0.15) is 0 Å². The molecule has 1 heterocycles. The van der Waals surface area contributed by atoms with E-state index in [0.29, 0.717) is 19.4 Å². The van der Waals surface area contributed by atoms with Crippen molar-refractivity contribution in [3.05, 3.63) is 35.9 Å². The van der Waals surface area contributed by atoms with Gasteiger partial charge in [-0.3, -0.25) is 4.79 Å². The quantitative estimate of drug-likeness (QED) is 0.315. The first-order valence-electron chi connectivity index (χ1n) is 9.32. The molecule has 0 spiro atoms. The zero-order valence-electron chi connectivity index (χ0n) is 14.7. The summed E-state index contributed by atoms with van der Waals surface area (Å²) in [5, 5.41) is 0.978. The van der Waals surface area contributed by atoms with E-state index >= 15 is 0 Å². The Hall–Kier alpha value is -0.970. The Balaban J connectivity index is 1.94. The first-order valence-corrected chi connectivity index (χ1v) is 10.4. The summed E-state index contributed by atoms with van der Waals surface area (Å²) >= 11 is 3.38. The lowest BCUT2D eigenvalue weighted by Crippen LogP contribution is -2.34. The first kappa shape index (κ1) is 20.3. The molecule has 1 fully saturated rings. The van der Waals surface area contributed by atoms with Crippen molar-refractivity contribution in [3.8, 4) is 0 Å². The number of likely N-dealkylation sites (tertiary alicyclic amines) is 1. The Kier molecular flexibility index (Phi) is 8.34. The second kappa shape index (κ2) is 10.2. The van der Waals surface area contributed by atoms with E-state index in [4.69, 9.17) is 0 Å². The molecule has 0 saturated carbocycles. The summed E-state index contributed by atoms with van der Waals surface area (Å²) in [5.74, 6) is -2.74. The van der Waals surface area contributed by atoms with Crippen molar-refractivity contribution in [3.63, 3.8) is 0 Å². The van der Waals surface area contributed by atoms with E-state index in [1.54, 1.807) is 4.90 Å². The smallest absolute Gasteiger partial charge is 0.250 e. The third-order valence-corrected chi connectivity index (χ3v) is 5.40. The zero-order chi connectivity index (χ0) is 18.1. The second-order valence-corrected chi connectivity index (χ2v) is 7.68.